The Bertz CT molecular complexity index is 1080. The molecule has 0 unspecified atom stereocenters. The number of fused-ring (bicyclic) bond motifs is 1. The molecule has 0 saturated carbocycles. The second-order valence-electron chi connectivity index (χ2n) is 6.30. The van der Waals surface area contributed by atoms with Crippen molar-refractivity contribution >= 4 is 17.1 Å². The van der Waals surface area contributed by atoms with E-state index in [0.717, 1.165) is 0 Å². The molecule has 7 heteroatoms. The van der Waals surface area contributed by atoms with Gasteiger partial charge in [0.25, 0.3) is 0 Å². The van der Waals surface area contributed by atoms with Crippen LogP contribution < -0.4 is 19.6 Å². The van der Waals surface area contributed by atoms with Gasteiger partial charge in [0.15, 0.2) is 0 Å². The van der Waals surface area contributed by atoms with E-state index < -0.39 is 6.09 Å². The first-order valence-corrected chi connectivity index (χ1v) is 9.33. The number of amides is 1. The van der Waals surface area contributed by atoms with Gasteiger partial charge < -0.3 is 23.5 Å². The highest BCUT2D eigenvalue weighted by Crippen LogP contribution is 2.29. The van der Waals surface area contributed by atoms with Crippen LogP contribution in [0.5, 0.6) is 23.0 Å². The maximum atomic E-state index is 12.9. The molecule has 0 radical (unpaired) electrons. The molecule has 152 valence electrons. The minimum atomic E-state index is -0.452. The lowest BCUT2D eigenvalue weighted by molar-refractivity contribution is 0.157. The summed E-state index contributed by atoms with van der Waals surface area (Å²) < 4.78 is 22.1. The van der Waals surface area contributed by atoms with Gasteiger partial charge in [0, 0.05) is 25.2 Å². The van der Waals surface area contributed by atoms with Crippen molar-refractivity contribution in [2.45, 2.75) is 20.8 Å². The Morgan fingerprint density at radius 1 is 1.03 bits per heavy atom. The van der Waals surface area contributed by atoms with Crippen molar-refractivity contribution in [1.82, 2.24) is 4.90 Å². The third-order valence-electron chi connectivity index (χ3n) is 4.47. The summed E-state index contributed by atoms with van der Waals surface area (Å²) in [6.45, 7) is 6.48. The van der Waals surface area contributed by atoms with Gasteiger partial charge >= 0.3 is 6.09 Å². The molecule has 0 aliphatic heterocycles. The maximum Gasteiger partial charge on any atom is 0.415 e. The number of carbonyl (C=O) groups is 1. The van der Waals surface area contributed by atoms with Crippen LogP contribution in [0.1, 0.15) is 19.6 Å². The first-order valence-electron chi connectivity index (χ1n) is 9.33. The topological polar surface area (TPSA) is 78.2 Å². The fourth-order valence-electron chi connectivity index (χ4n) is 2.88. The number of ether oxygens (including phenoxy) is 3. The number of hydrogen-bond acceptors (Lipinski definition) is 6. The summed E-state index contributed by atoms with van der Waals surface area (Å²) in [6.07, 6.45) is -0.452. The summed E-state index contributed by atoms with van der Waals surface area (Å²) in [5, 5.41) is 0.330. The maximum absolute atomic E-state index is 12.9. The molecule has 0 aliphatic carbocycles. The average Bonchev–Trinajstić information content (AvgIpc) is 2.72. The minimum Gasteiger partial charge on any atom is -0.497 e. The van der Waals surface area contributed by atoms with Gasteiger partial charge in [-0.3, -0.25) is 4.79 Å². The predicted molar refractivity (Wildman–Crippen MR) is 109 cm³/mol. The number of methoxy groups -OCH3 is 1. The quantitative estimate of drug-likeness (QED) is 0.598. The molecular formula is C22H23NO6. The van der Waals surface area contributed by atoms with E-state index in [0.29, 0.717) is 47.1 Å². The van der Waals surface area contributed by atoms with Gasteiger partial charge in [-0.15, -0.1) is 0 Å². The van der Waals surface area contributed by atoms with E-state index in [1.165, 1.54) is 6.07 Å². The molecule has 0 fully saturated rings. The van der Waals surface area contributed by atoms with E-state index in [1.54, 1.807) is 55.3 Å². The highest BCUT2D eigenvalue weighted by atomic mass is 16.6. The Morgan fingerprint density at radius 3 is 2.45 bits per heavy atom. The van der Waals surface area contributed by atoms with Crippen LogP contribution in [0.25, 0.3) is 11.0 Å². The SMILES string of the molecule is CCN(CC)C(=O)Oc1ccc2c(=O)c(Oc3cccc(OC)c3)c(C)oc2c1. The van der Waals surface area contributed by atoms with Gasteiger partial charge in [0.2, 0.25) is 11.2 Å². The predicted octanol–water partition coefficient (Wildman–Crippen LogP) is 4.74. The summed E-state index contributed by atoms with van der Waals surface area (Å²) in [7, 11) is 1.55. The van der Waals surface area contributed by atoms with Crippen molar-refractivity contribution in [3.8, 4) is 23.0 Å². The van der Waals surface area contributed by atoms with E-state index in [9.17, 15) is 9.59 Å². The largest absolute Gasteiger partial charge is 0.497 e. The minimum absolute atomic E-state index is 0.0960. The van der Waals surface area contributed by atoms with Crippen molar-refractivity contribution in [3.63, 3.8) is 0 Å². The van der Waals surface area contributed by atoms with Crippen LogP contribution in [0.4, 0.5) is 4.79 Å². The Kier molecular flexibility index (Phi) is 6.07. The van der Waals surface area contributed by atoms with Crippen LogP contribution in [0.2, 0.25) is 0 Å². The summed E-state index contributed by atoms with van der Waals surface area (Å²) in [6, 6.07) is 11.6. The Hall–Kier alpha value is -3.48. The van der Waals surface area contributed by atoms with Gasteiger partial charge in [-0.05, 0) is 45.0 Å². The second-order valence-corrected chi connectivity index (χ2v) is 6.30. The van der Waals surface area contributed by atoms with Crippen molar-refractivity contribution in [3.05, 3.63) is 58.4 Å². The van der Waals surface area contributed by atoms with Crippen molar-refractivity contribution in [2.24, 2.45) is 0 Å². The van der Waals surface area contributed by atoms with Gasteiger partial charge in [-0.1, -0.05) is 6.07 Å². The molecule has 1 aromatic heterocycles. The smallest absolute Gasteiger partial charge is 0.415 e. The molecule has 0 aliphatic rings. The monoisotopic (exact) mass is 397 g/mol. The number of benzene rings is 2. The first kappa shape index (κ1) is 20.3. The number of aryl methyl sites for hydroxylation is 1. The molecule has 3 aromatic rings. The second kappa shape index (κ2) is 8.68. The molecule has 7 nitrogen and oxygen atoms in total. The zero-order valence-corrected chi connectivity index (χ0v) is 16.9. The highest BCUT2D eigenvalue weighted by Gasteiger charge is 2.17. The molecule has 0 N–H and O–H groups in total. The molecule has 0 spiro atoms. The Morgan fingerprint density at radius 2 is 1.76 bits per heavy atom. The number of hydrogen-bond donors (Lipinski definition) is 0. The zero-order valence-electron chi connectivity index (χ0n) is 16.9. The summed E-state index contributed by atoms with van der Waals surface area (Å²) in [5.74, 6) is 1.79. The fourth-order valence-corrected chi connectivity index (χ4v) is 2.88. The van der Waals surface area contributed by atoms with Crippen LogP contribution >= 0.6 is 0 Å². The van der Waals surface area contributed by atoms with Crippen LogP contribution in [-0.4, -0.2) is 31.2 Å². The van der Waals surface area contributed by atoms with Gasteiger partial charge in [-0.2, -0.15) is 0 Å². The molecule has 1 heterocycles. The standard InChI is InChI=1S/C22H23NO6/c1-5-23(6-2)22(25)29-17-10-11-18-19(13-17)27-14(3)21(20(18)24)28-16-9-7-8-15(12-16)26-4/h7-13H,5-6H2,1-4H3. The van der Waals surface area contributed by atoms with Crippen molar-refractivity contribution in [1.29, 1.82) is 0 Å². The lowest BCUT2D eigenvalue weighted by Crippen LogP contribution is -2.33. The third kappa shape index (κ3) is 4.34. The lowest BCUT2D eigenvalue weighted by Gasteiger charge is -2.17. The normalized spacial score (nSPS) is 10.6. The van der Waals surface area contributed by atoms with E-state index in [-0.39, 0.29) is 11.2 Å². The van der Waals surface area contributed by atoms with Gasteiger partial charge in [0.1, 0.15) is 28.6 Å². The van der Waals surface area contributed by atoms with Crippen molar-refractivity contribution in [2.75, 3.05) is 20.2 Å². The van der Waals surface area contributed by atoms with Crippen LogP contribution in [0.3, 0.4) is 0 Å². The molecule has 0 bridgehead atoms. The molecule has 29 heavy (non-hydrogen) atoms. The van der Waals surface area contributed by atoms with E-state index in [1.807, 2.05) is 13.8 Å². The van der Waals surface area contributed by atoms with Crippen LogP contribution in [0, 0.1) is 6.92 Å². The van der Waals surface area contributed by atoms with E-state index >= 15 is 0 Å². The summed E-state index contributed by atoms with van der Waals surface area (Å²) >= 11 is 0. The molecule has 1 amide bonds. The highest BCUT2D eigenvalue weighted by molar-refractivity contribution is 5.81. The first-order chi connectivity index (χ1) is 14.0. The zero-order chi connectivity index (χ0) is 21.0. The number of rotatable bonds is 6. The molecular weight excluding hydrogens is 374 g/mol. The summed E-state index contributed by atoms with van der Waals surface area (Å²) in [5.41, 5.74) is 0.00327. The van der Waals surface area contributed by atoms with Gasteiger partial charge in [0.05, 0.1) is 12.5 Å². The number of carbonyl (C=O) groups excluding carboxylic acids is 1. The lowest BCUT2D eigenvalue weighted by atomic mass is 10.2. The molecule has 0 atom stereocenters. The van der Waals surface area contributed by atoms with Gasteiger partial charge in [-0.25, -0.2) is 4.79 Å². The molecule has 0 saturated heterocycles. The Balaban J connectivity index is 1.93. The van der Waals surface area contributed by atoms with E-state index in [2.05, 4.69) is 0 Å². The fraction of sp³-hybridized carbons (Fsp3) is 0.273. The van der Waals surface area contributed by atoms with Crippen LogP contribution in [-0.2, 0) is 0 Å². The summed E-state index contributed by atoms with van der Waals surface area (Å²) in [4.78, 5) is 26.6. The average molecular weight is 397 g/mol. The number of nitrogens with zero attached hydrogens (tertiary/aromatic N) is 1. The van der Waals surface area contributed by atoms with Crippen LogP contribution in [0.15, 0.2) is 51.7 Å². The third-order valence-corrected chi connectivity index (χ3v) is 4.47. The Labute approximate surface area is 168 Å². The van der Waals surface area contributed by atoms with E-state index in [4.69, 9.17) is 18.6 Å². The molecule has 3 rings (SSSR count). The molecule has 2 aromatic carbocycles. The van der Waals surface area contributed by atoms with Crippen molar-refractivity contribution < 1.29 is 23.4 Å².